The Balaban J connectivity index is 1.64. The van der Waals surface area contributed by atoms with Crippen molar-refractivity contribution in [1.29, 1.82) is 0 Å². The van der Waals surface area contributed by atoms with Gasteiger partial charge in [-0.1, -0.05) is 55.8 Å². The van der Waals surface area contributed by atoms with E-state index in [1.807, 2.05) is 36.4 Å². The molecule has 0 amide bonds. The third-order valence-corrected chi connectivity index (χ3v) is 6.27. The van der Waals surface area contributed by atoms with Gasteiger partial charge in [-0.2, -0.15) is 0 Å². The summed E-state index contributed by atoms with van der Waals surface area (Å²) in [6.45, 7) is 2.30. The highest BCUT2D eigenvalue weighted by Gasteiger charge is 2.21. The molecular formula is C25H27FO. The Morgan fingerprint density at radius 2 is 1.67 bits per heavy atom. The van der Waals surface area contributed by atoms with Crippen LogP contribution in [-0.2, 0) is 0 Å². The van der Waals surface area contributed by atoms with Gasteiger partial charge in [0.2, 0.25) is 0 Å². The molecule has 0 N–H and O–H groups in total. The second-order valence-electron chi connectivity index (χ2n) is 7.76. The zero-order chi connectivity index (χ0) is 18.8. The summed E-state index contributed by atoms with van der Waals surface area (Å²) in [6.07, 6.45) is 6.46. The highest BCUT2D eigenvalue weighted by atomic mass is 19.1. The fourth-order valence-corrected chi connectivity index (χ4v) is 4.46. The Labute approximate surface area is 161 Å². The molecule has 27 heavy (non-hydrogen) atoms. The highest BCUT2D eigenvalue weighted by molar-refractivity contribution is 5.89. The lowest BCUT2D eigenvalue weighted by atomic mass is 9.77. The third kappa shape index (κ3) is 3.58. The van der Waals surface area contributed by atoms with Crippen LogP contribution < -0.4 is 4.74 Å². The molecule has 2 heteroatoms. The van der Waals surface area contributed by atoms with Crippen LogP contribution in [0.25, 0.3) is 21.9 Å². The molecule has 0 heterocycles. The number of ether oxygens (including phenoxy) is 1. The summed E-state index contributed by atoms with van der Waals surface area (Å²) in [5.74, 6) is 2.16. The minimum absolute atomic E-state index is 0.140. The lowest BCUT2D eigenvalue weighted by Gasteiger charge is -2.28. The molecule has 1 aliphatic carbocycles. The van der Waals surface area contributed by atoms with Gasteiger partial charge in [-0.15, -0.1) is 0 Å². The van der Waals surface area contributed by atoms with Crippen molar-refractivity contribution in [2.24, 2.45) is 5.92 Å². The fraction of sp³-hybridized carbons (Fsp3) is 0.360. The summed E-state index contributed by atoms with van der Waals surface area (Å²) in [6, 6.07) is 17.8. The van der Waals surface area contributed by atoms with Crippen LogP contribution in [0.5, 0.6) is 5.75 Å². The summed E-state index contributed by atoms with van der Waals surface area (Å²) < 4.78 is 20.4. The van der Waals surface area contributed by atoms with Crippen molar-refractivity contribution in [3.05, 3.63) is 66.0 Å². The van der Waals surface area contributed by atoms with Crippen LogP contribution in [0.2, 0.25) is 0 Å². The van der Waals surface area contributed by atoms with Crippen molar-refractivity contribution in [2.75, 3.05) is 7.11 Å². The molecule has 1 fully saturated rings. The van der Waals surface area contributed by atoms with E-state index >= 15 is 4.39 Å². The minimum atomic E-state index is -0.140. The molecule has 1 nitrogen and oxygen atoms in total. The molecule has 0 unspecified atom stereocenters. The Morgan fingerprint density at radius 3 is 2.33 bits per heavy atom. The number of hydrogen-bond donors (Lipinski definition) is 0. The highest BCUT2D eigenvalue weighted by Crippen LogP contribution is 2.38. The number of fused-ring (bicyclic) bond motifs is 1. The van der Waals surface area contributed by atoms with Crippen LogP contribution in [0.1, 0.15) is 50.5 Å². The summed E-state index contributed by atoms with van der Waals surface area (Å²) in [4.78, 5) is 0. The van der Waals surface area contributed by atoms with Crippen LogP contribution in [0.4, 0.5) is 4.39 Å². The summed E-state index contributed by atoms with van der Waals surface area (Å²) in [5, 5.41) is 1.70. The molecule has 0 bridgehead atoms. The first-order valence-corrected chi connectivity index (χ1v) is 10.1. The molecule has 140 valence electrons. The molecule has 0 atom stereocenters. The van der Waals surface area contributed by atoms with E-state index in [2.05, 4.69) is 25.1 Å². The van der Waals surface area contributed by atoms with Crippen LogP contribution in [0.3, 0.4) is 0 Å². The van der Waals surface area contributed by atoms with Crippen molar-refractivity contribution in [1.82, 2.24) is 0 Å². The number of methoxy groups -OCH3 is 1. The van der Waals surface area contributed by atoms with Gasteiger partial charge in [-0.3, -0.25) is 0 Å². The third-order valence-electron chi connectivity index (χ3n) is 6.27. The lowest BCUT2D eigenvalue weighted by Crippen LogP contribution is -2.12. The average Bonchev–Trinajstić information content (AvgIpc) is 2.74. The van der Waals surface area contributed by atoms with Crippen molar-refractivity contribution in [3.63, 3.8) is 0 Å². The molecule has 0 aliphatic heterocycles. The molecule has 4 rings (SSSR count). The van der Waals surface area contributed by atoms with Crippen molar-refractivity contribution in [2.45, 2.75) is 44.9 Å². The van der Waals surface area contributed by atoms with E-state index < -0.39 is 0 Å². The molecule has 0 aromatic heterocycles. The minimum Gasteiger partial charge on any atom is -0.497 e. The molecule has 0 saturated heterocycles. The first-order chi connectivity index (χ1) is 13.2. The zero-order valence-electron chi connectivity index (χ0n) is 16.2. The molecule has 3 aromatic rings. The molecule has 1 aliphatic rings. The average molecular weight is 362 g/mol. The van der Waals surface area contributed by atoms with E-state index in [0.29, 0.717) is 16.9 Å². The van der Waals surface area contributed by atoms with Gasteiger partial charge in [-0.05, 0) is 66.2 Å². The van der Waals surface area contributed by atoms with E-state index in [1.54, 1.807) is 7.11 Å². The van der Waals surface area contributed by atoms with Gasteiger partial charge in [0.15, 0.2) is 0 Å². The van der Waals surface area contributed by atoms with E-state index in [-0.39, 0.29) is 5.82 Å². The predicted molar refractivity (Wildman–Crippen MR) is 111 cm³/mol. The standard InChI is InChI=1S/C25H27FO/c1-3-17-4-6-18(7-5-17)20-10-14-24-21(16-20)11-15-23(25(24)26)19-8-12-22(27-2)13-9-19/h8-18H,3-7H2,1-2H3. The molecule has 1 saturated carbocycles. The molecular weight excluding hydrogens is 335 g/mol. The molecule has 0 radical (unpaired) electrons. The predicted octanol–water partition coefficient (Wildman–Crippen LogP) is 7.34. The topological polar surface area (TPSA) is 9.23 Å². The van der Waals surface area contributed by atoms with Crippen LogP contribution in [0.15, 0.2) is 54.6 Å². The van der Waals surface area contributed by atoms with E-state index in [0.717, 1.165) is 22.6 Å². The van der Waals surface area contributed by atoms with Gasteiger partial charge in [0.25, 0.3) is 0 Å². The Kier molecular flexibility index (Phi) is 5.15. The summed E-state index contributed by atoms with van der Waals surface area (Å²) in [7, 11) is 1.64. The van der Waals surface area contributed by atoms with Gasteiger partial charge >= 0.3 is 0 Å². The number of benzene rings is 3. The van der Waals surface area contributed by atoms with Crippen LogP contribution in [0, 0.1) is 11.7 Å². The van der Waals surface area contributed by atoms with Crippen LogP contribution >= 0.6 is 0 Å². The normalized spacial score (nSPS) is 20.0. The largest absolute Gasteiger partial charge is 0.497 e. The maximum Gasteiger partial charge on any atom is 0.138 e. The lowest BCUT2D eigenvalue weighted by molar-refractivity contribution is 0.319. The molecule has 0 spiro atoms. The van der Waals surface area contributed by atoms with E-state index in [4.69, 9.17) is 4.74 Å². The Bertz CT molecular complexity index is 921. The first-order valence-electron chi connectivity index (χ1n) is 10.1. The van der Waals surface area contributed by atoms with Gasteiger partial charge in [0, 0.05) is 10.9 Å². The van der Waals surface area contributed by atoms with E-state index in [1.165, 1.54) is 37.7 Å². The number of halogens is 1. The van der Waals surface area contributed by atoms with Gasteiger partial charge in [0.05, 0.1) is 7.11 Å². The second-order valence-corrected chi connectivity index (χ2v) is 7.76. The van der Waals surface area contributed by atoms with Gasteiger partial charge in [-0.25, -0.2) is 4.39 Å². The van der Waals surface area contributed by atoms with Crippen molar-refractivity contribution < 1.29 is 9.13 Å². The van der Waals surface area contributed by atoms with E-state index in [9.17, 15) is 0 Å². The Hall–Kier alpha value is -2.35. The van der Waals surface area contributed by atoms with Crippen molar-refractivity contribution in [3.8, 4) is 16.9 Å². The zero-order valence-corrected chi connectivity index (χ0v) is 16.2. The fourth-order valence-electron chi connectivity index (χ4n) is 4.46. The quantitative estimate of drug-likeness (QED) is 0.472. The Morgan fingerprint density at radius 1 is 0.926 bits per heavy atom. The number of hydrogen-bond acceptors (Lipinski definition) is 1. The number of rotatable bonds is 4. The second kappa shape index (κ2) is 7.72. The van der Waals surface area contributed by atoms with Gasteiger partial charge in [0.1, 0.15) is 11.6 Å². The van der Waals surface area contributed by atoms with Gasteiger partial charge < -0.3 is 4.74 Å². The summed E-state index contributed by atoms with van der Waals surface area (Å²) >= 11 is 0. The maximum absolute atomic E-state index is 15.2. The SMILES string of the molecule is CCC1CCC(c2ccc3c(F)c(-c4ccc(OC)cc4)ccc3c2)CC1. The smallest absolute Gasteiger partial charge is 0.138 e. The van der Waals surface area contributed by atoms with Crippen LogP contribution in [-0.4, -0.2) is 7.11 Å². The summed E-state index contributed by atoms with van der Waals surface area (Å²) in [5.41, 5.74) is 2.88. The van der Waals surface area contributed by atoms with Crippen molar-refractivity contribution >= 4 is 10.8 Å². The molecule has 3 aromatic carbocycles. The monoisotopic (exact) mass is 362 g/mol. The first kappa shape index (κ1) is 18.0. The maximum atomic E-state index is 15.2.